The number of anilines is 1. The van der Waals surface area contributed by atoms with E-state index in [-0.39, 0.29) is 11.8 Å². The molecule has 0 radical (unpaired) electrons. The fraction of sp³-hybridized carbons (Fsp3) is 0.375. The van der Waals surface area contributed by atoms with Crippen LogP contribution < -0.4 is 10.2 Å². The van der Waals surface area contributed by atoms with Crippen molar-refractivity contribution in [2.24, 2.45) is 5.92 Å². The molecule has 5 heteroatoms. The van der Waals surface area contributed by atoms with Gasteiger partial charge in [0.05, 0.1) is 6.54 Å². The van der Waals surface area contributed by atoms with Gasteiger partial charge in [0.25, 0.3) is 0 Å². The second kappa shape index (κ2) is 6.72. The number of carbonyl (C=O) groups is 1. The van der Waals surface area contributed by atoms with Crippen LogP contribution in [0, 0.1) is 5.92 Å². The normalized spacial score (nSPS) is 15.9. The van der Waals surface area contributed by atoms with Gasteiger partial charge < -0.3 is 10.2 Å². The average molecular weight is 301 g/mol. The van der Waals surface area contributed by atoms with E-state index >= 15 is 0 Å². The van der Waals surface area contributed by atoms with Crippen LogP contribution in [0.5, 0.6) is 0 Å². The van der Waals surface area contributed by atoms with Crippen molar-refractivity contribution in [1.82, 2.24) is 10.3 Å². The molecule has 0 spiro atoms. The predicted molar refractivity (Wildman–Crippen MR) is 85.3 cm³/mol. The zero-order chi connectivity index (χ0) is 14.5. The van der Waals surface area contributed by atoms with E-state index in [1.54, 1.807) is 11.3 Å². The summed E-state index contributed by atoms with van der Waals surface area (Å²) in [6.07, 6.45) is 5.46. The molecule has 0 aliphatic carbocycles. The van der Waals surface area contributed by atoms with E-state index < -0.39 is 0 Å². The topological polar surface area (TPSA) is 45.2 Å². The lowest BCUT2D eigenvalue weighted by Gasteiger charge is -2.32. The van der Waals surface area contributed by atoms with Gasteiger partial charge in [0.15, 0.2) is 0 Å². The maximum Gasteiger partial charge on any atom is 0.223 e. The smallest absolute Gasteiger partial charge is 0.223 e. The van der Waals surface area contributed by atoms with Crippen molar-refractivity contribution in [3.63, 3.8) is 0 Å². The highest BCUT2D eigenvalue weighted by molar-refractivity contribution is 7.09. The summed E-state index contributed by atoms with van der Waals surface area (Å²) in [6.45, 7) is 2.52. The van der Waals surface area contributed by atoms with Crippen LogP contribution in [0.2, 0.25) is 0 Å². The second-order valence-corrected chi connectivity index (χ2v) is 6.30. The van der Waals surface area contributed by atoms with Gasteiger partial charge in [0.1, 0.15) is 0 Å². The molecule has 1 saturated heterocycles. The molecule has 0 bridgehead atoms. The number of nitrogens with zero attached hydrogens (tertiary/aromatic N) is 2. The molecule has 1 aliphatic heterocycles. The Bertz CT molecular complexity index is 562. The average Bonchev–Trinajstić information content (AvgIpc) is 3.07. The fourth-order valence-electron chi connectivity index (χ4n) is 2.69. The van der Waals surface area contributed by atoms with E-state index in [4.69, 9.17) is 0 Å². The lowest BCUT2D eigenvalue weighted by molar-refractivity contribution is -0.125. The Morgan fingerprint density at radius 3 is 2.71 bits per heavy atom. The number of amides is 1. The molecular weight excluding hydrogens is 282 g/mol. The Morgan fingerprint density at radius 2 is 2.05 bits per heavy atom. The van der Waals surface area contributed by atoms with Crippen LogP contribution >= 0.6 is 11.3 Å². The summed E-state index contributed by atoms with van der Waals surface area (Å²) in [5, 5.41) is 5.09. The quantitative estimate of drug-likeness (QED) is 0.944. The minimum atomic E-state index is 0.142. The van der Waals surface area contributed by atoms with Gasteiger partial charge in [-0.05, 0) is 36.4 Å². The fourth-order valence-corrected chi connectivity index (χ4v) is 3.33. The van der Waals surface area contributed by atoms with Crippen LogP contribution in [0.25, 0.3) is 0 Å². The van der Waals surface area contributed by atoms with Gasteiger partial charge in [0, 0.05) is 42.0 Å². The molecule has 3 rings (SSSR count). The number of hydrogen-bond donors (Lipinski definition) is 1. The standard InChI is InChI=1S/C16H19N3OS/c20-16(18-12-15-2-1-11-21-15)13-5-9-19(10-6-13)14-3-7-17-8-4-14/h1-4,7-8,11,13H,5-6,9-10,12H2,(H,18,20). The molecule has 0 atom stereocenters. The first-order chi connectivity index (χ1) is 10.3. The first-order valence-electron chi connectivity index (χ1n) is 7.28. The number of thiophene rings is 1. The number of hydrogen-bond acceptors (Lipinski definition) is 4. The Labute approximate surface area is 128 Å². The highest BCUT2D eigenvalue weighted by Gasteiger charge is 2.24. The lowest BCUT2D eigenvalue weighted by atomic mass is 9.95. The van der Waals surface area contributed by atoms with Crippen molar-refractivity contribution in [3.8, 4) is 0 Å². The number of rotatable bonds is 4. The maximum atomic E-state index is 12.2. The van der Waals surface area contributed by atoms with Crippen LogP contribution in [-0.4, -0.2) is 24.0 Å². The van der Waals surface area contributed by atoms with Gasteiger partial charge in [-0.3, -0.25) is 9.78 Å². The largest absolute Gasteiger partial charge is 0.371 e. The van der Waals surface area contributed by atoms with Crippen molar-refractivity contribution in [2.75, 3.05) is 18.0 Å². The molecule has 3 heterocycles. The predicted octanol–water partition coefficient (Wildman–Crippen LogP) is 2.68. The highest BCUT2D eigenvalue weighted by Crippen LogP contribution is 2.22. The molecule has 1 amide bonds. The Morgan fingerprint density at radius 1 is 1.29 bits per heavy atom. The monoisotopic (exact) mass is 301 g/mol. The summed E-state index contributed by atoms with van der Waals surface area (Å²) in [5.74, 6) is 0.334. The van der Waals surface area contributed by atoms with E-state index in [0.29, 0.717) is 6.54 Å². The summed E-state index contributed by atoms with van der Waals surface area (Å²) in [4.78, 5) is 19.8. The number of piperidine rings is 1. The molecule has 0 unspecified atom stereocenters. The van der Waals surface area contributed by atoms with Crippen LogP contribution in [0.1, 0.15) is 17.7 Å². The van der Waals surface area contributed by atoms with E-state index in [1.165, 1.54) is 10.6 Å². The summed E-state index contributed by atoms with van der Waals surface area (Å²) in [5.41, 5.74) is 1.20. The van der Waals surface area contributed by atoms with Crippen molar-refractivity contribution in [1.29, 1.82) is 0 Å². The SMILES string of the molecule is O=C(NCc1cccs1)C1CCN(c2ccncc2)CC1. The highest BCUT2D eigenvalue weighted by atomic mass is 32.1. The zero-order valence-electron chi connectivity index (χ0n) is 11.9. The number of pyridine rings is 1. The van der Waals surface area contributed by atoms with Gasteiger partial charge in [-0.2, -0.15) is 0 Å². The van der Waals surface area contributed by atoms with E-state index in [2.05, 4.69) is 21.3 Å². The van der Waals surface area contributed by atoms with Crippen molar-refractivity contribution in [3.05, 3.63) is 46.9 Å². The van der Waals surface area contributed by atoms with E-state index in [1.807, 2.05) is 36.0 Å². The van der Waals surface area contributed by atoms with Gasteiger partial charge in [-0.1, -0.05) is 6.07 Å². The summed E-state index contributed by atoms with van der Waals surface area (Å²) in [7, 11) is 0. The minimum Gasteiger partial charge on any atom is -0.371 e. The molecule has 4 nitrogen and oxygen atoms in total. The third kappa shape index (κ3) is 3.61. The Kier molecular flexibility index (Phi) is 4.50. The molecule has 21 heavy (non-hydrogen) atoms. The van der Waals surface area contributed by atoms with Gasteiger partial charge in [-0.15, -0.1) is 11.3 Å². The number of nitrogens with one attached hydrogen (secondary N) is 1. The van der Waals surface area contributed by atoms with E-state index in [9.17, 15) is 4.79 Å². The van der Waals surface area contributed by atoms with Crippen LogP contribution in [0.4, 0.5) is 5.69 Å². The summed E-state index contributed by atoms with van der Waals surface area (Å²) < 4.78 is 0. The molecule has 0 aromatic carbocycles. The first kappa shape index (κ1) is 14.1. The zero-order valence-corrected chi connectivity index (χ0v) is 12.7. The molecule has 1 fully saturated rings. The Balaban J connectivity index is 1.48. The lowest BCUT2D eigenvalue weighted by Crippen LogP contribution is -2.40. The second-order valence-electron chi connectivity index (χ2n) is 5.26. The van der Waals surface area contributed by atoms with Gasteiger partial charge >= 0.3 is 0 Å². The molecule has 1 aliphatic rings. The number of carbonyl (C=O) groups excluding carboxylic acids is 1. The molecule has 2 aromatic rings. The summed E-state index contributed by atoms with van der Waals surface area (Å²) >= 11 is 1.68. The van der Waals surface area contributed by atoms with E-state index in [0.717, 1.165) is 25.9 Å². The van der Waals surface area contributed by atoms with Crippen LogP contribution in [0.3, 0.4) is 0 Å². The summed E-state index contributed by atoms with van der Waals surface area (Å²) in [6, 6.07) is 8.12. The van der Waals surface area contributed by atoms with Gasteiger partial charge in [0.2, 0.25) is 5.91 Å². The number of aromatic nitrogens is 1. The third-order valence-corrected chi connectivity index (χ3v) is 4.79. The van der Waals surface area contributed by atoms with Gasteiger partial charge in [-0.25, -0.2) is 0 Å². The molecule has 2 aromatic heterocycles. The molecule has 110 valence electrons. The van der Waals surface area contributed by atoms with Crippen molar-refractivity contribution < 1.29 is 4.79 Å². The molecule has 0 saturated carbocycles. The van der Waals surface area contributed by atoms with Crippen LogP contribution in [0.15, 0.2) is 42.0 Å². The van der Waals surface area contributed by atoms with Crippen molar-refractivity contribution in [2.45, 2.75) is 19.4 Å². The Hall–Kier alpha value is -1.88. The molecule has 1 N–H and O–H groups in total. The van der Waals surface area contributed by atoms with Crippen molar-refractivity contribution >= 4 is 22.9 Å². The minimum absolute atomic E-state index is 0.142. The van der Waals surface area contributed by atoms with Crippen LogP contribution in [-0.2, 0) is 11.3 Å². The molecular formula is C16H19N3OS. The first-order valence-corrected chi connectivity index (χ1v) is 8.16. The third-order valence-electron chi connectivity index (χ3n) is 3.91. The maximum absolute atomic E-state index is 12.2.